The minimum Gasteiger partial charge on any atom is -0.496 e. The topological polar surface area (TPSA) is 70.7 Å². The molecule has 6 heteroatoms. The third kappa shape index (κ3) is 5.28. The lowest BCUT2D eigenvalue weighted by Crippen LogP contribution is -2.44. The molecule has 0 bridgehead atoms. The van der Waals surface area contributed by atoms with E-state index in [-0.39, 0.29) is 17.9 Å². The van der Waals surface area contributed by atoms with Crippen molar-refractivity contribution in [1.82, 2.24) is 15.5 Å². The summed E-state index contributed by atoms with van der Waals surface area (Å²) in [7, 11) is 1.62. The monoisotopic (exact) mass is 395 g/mol. The van der Waals surface area contributed by atoms with E-state index in [1.165, 1.54) is 0 Å². The molecule has 0 aromatic heterocycles. The molecule has 3 rings (SSSR count). The average Bonchev–Trinajstić information content (AvgIpc) is 2.78. The Bertz CT molecular complexity index is 853. The fourth-order valence-electron chi connectivity index (χ4n) is 3.76. The van der Waals surface area contributed by atoms with Gasteiger partial charge in [-0.3, -0.25) is 4.79 Å². The molecule has 3 amide bonds. The Labute approximate surface area is 172 Å². The lowest BCUT2D eigenvalue weighted by atomic mass is 9.89. The Morgan fingerprint density at radius 1 is 1.14 bits per heavy atom. The van der Waals surface area contributed by atoms with Gasteiger partial charge in [-0.2, -0.15) is 0 Å². The number of nitrogens with zero attached hydrogens (tertiary/aromatic N) is 1. The Kier molecular flexibility index (Phi) is 7.11. The summed E-state index contributed by atoms with van der Waals surface area (Å²) < 4.78 is 5.34. The quantitative estimate of drug-likeness (QED) is 0.786. The molecule has 1 unspecified atom stereocenters. The highest BCUT2D eigenvalue weighted by molar-refractivity contribution is 5.94. The molecule has 1 fully saturated rings. The van der Waals surface area contributed by atoms with Crippen molar-refractivity contribution in [2.75, 3.05) is 26.7 Å². The largest absolute Gasteiger partial charge is 0.496 e. The molecule has 1 atom stereocenters. The van der Waals surface area contributed by atoms with Crippen molar-refractivity contribution in [2.45, 2.75) is 32.2 Å². The summed E-state index contributed by atoms with van der Waals surface area (Å²) in [6.45, 7) is 4.41. The summed E-state index contributed by atoms with van der Waals surface area (Å²) in [5.41, 5.74) is 2.67. The number of ether oxygens (including phenoxy) is 1. The minimum absolute atomic E-state index is 0.0112. The van der Waals surface area contributed by atoms with E-state index in [0.717, 1.165) is 36.3 Å². The fourth-order valence-corrected chi connectivity index (χ4v) is 3.76. The summed E-state index contributed by atoms with van der Waals surface area (Å²) in [5, 5.41) is 5.84. The first-order valence-electron chi connectivity index (χ1n) is 10.1. The van der Waals surface area contributed by atoms with Crippen molar-refractivity contribution in [3.63, 3.8) is 0 Å². The van der Waals surface area contributed by atoms with Crippen LogP contribution in [-0.2, 0) is 6.54 Å². The zero-order valence-corrected chi connectivity index (χ0v) is 17.1. The Balaban J connectivity index is 1.65. The number of carbonyl (C=O) groups excluding carboxylic acids is 2. The number of urea groups is 1. The molecule has 0 spiro atoms. The van der Waals surface area contributed by atoms with Crippen LogP contribution in [0, 0.1) is 0 Å². The number of methoxy groups -OCH3 is 1. The van der Waals surface area contributed by atoms with Crippen LogP contribution < -0.4 is 15.4 Å². The molecule has 1 aliphatic heterocycles. The molecule has 0 aliphatic carbocycles. The standard InChI is InChI=1S/C23H29N3O3/c1-3-24-23(28)26-13-7-11-20(16-26)17-9-6-10-18(14-17)22(27)25-15-19-8-4-5-12-21(19)29-2/h4-6,8-10,12,14,20H,3,7,11,13,15-16H2,1-2H3,(H,24,28)(H,25,27). The van der Waals surface area contributed by atoms with Crippen LogP contribution in [0.2, 0.25) is 0 Å². The van der Waals surface area contributed by atoms with E-state index in [9.17, 15) is 9.59 Å². The Hall–Kier alpha value is -3.02. The number of rotatable bonds is 6. The predicted molar refractivity (Wildman–Crippen MR) is 113 cm³/mol. The molecule has 154 valence electrons. The number of para-hydroxylation sites is 1. The molecule has 1 heterocycles. The highest BCUT2D eigenvalue weighted by Crippen LogP contribution is 2.27. The van der Waals surface area contributed by atoms with Crippen molar-refractivity contribution >= 4 is 11.9 Å². The molecule has 2 aromatic rings. The number of hydrogen-bond acceptors (Lipinski definition) is 3. The van der Waals surface area contributed by atoms with Crippen molar-refractivity contribution in [3.8, 4) is 5.75 Å². The van der Waals surface area contributed by atoms with Crippen LogP contribution >= 0.6 is 0 Å². The summed E-state index contributed by atoms with van der Waals surface area (Å²) >= 11 is 0. The maximum absolute atomic E-state index is 12.7. The minimum atomic E-state index is -0.117. The number of benzene rings is 2. The van der Waals surface area contributed by atoms with Crippen LogP contribution in [0.25, 0.3) is 0 Å². The average molecular weight is 396 g/mol. The van der Waals surface area contributed by atoms with E-state index in [4.69, 9.17) is 4.74 Å². The lowest BCUT2D eigenvalue weighted by molar-refractivity contribution is 0.0950. The number of nitrogens with one attached hydrogen (secondary N) is 2. The normalized spacial score (nSPS) is 16.2. The fraction of sp³-hybridized carbons (Fsp3) is 0.391. The lowest BCUT2D eigenvalue weighted by Gasteiger charge is -2.33. The number of likely N-dealkylation sites (tertiary alicyclic amines) is 1. The van der Waals surface area contributed by atoms with Crippen molar-refractivity contribution in [3.05, 3.63) is 65.2 Å². The van der Waals surface area contributed by atoms with E-state index in [2.05, 4.69) is 10.6 Å². The summed E-state index contributed by atoms with van der Waals surface area (Å²) in [6, 6.07) is 15.4. The summed E-state index contributed by atoms with van der Waals surface area (Å²) in [4.78, 5) is 26.7. The van der Waals surface area contributed by atoms with Crippen molar-refractivity contribution in [2.24, 2.45) is 0 Å². The van der Waals surface area contributed by atoms with Gasteiger partial charge in [0, 0.05) is 43.2 Å². The van der Waals surface area contributed by atoms with Gasteiger partial charge in [-0.1, -0.05) is 30.3 Å². The number of hydrogen-bond donors (Lipinski definition) is 2. The molecular formula is C23H29N3O3. The number of amides is 3. The van der Waals surface area contributed by atoms with E-state index in [1.807, 2.05) is 60.4 Å². The highest BCUT2D eigenvalue weighted by atomic mass is 16.5. The molecule has 29 heavy (non-hydrogen) atoms. The third-order valence-electron chi connectivity index (χ3n) is 5.29. The first kappa shape index (κ1) is 20.7. The molecule has 0 saturated carbocycles. The second-order valence-electron chi connectivity index (χ2n) is 7.24. The van der Waals surface area contributed by atoms with Crippen LogP contribution in [0.3, 0.4) is 0 Å². The van der Waals surface area contributed by atoms with Gasteiger partial charge >= 0.3 is 6.03 Å². The summed E-state index contributed by atoms with van der Waals surface area (Å²) in [6.07, 6.45) is 1.98. The van der Waals surface area contributed by atoms with Gasteiger partial charge in [0.25, 0.3) is 5.91 Å². The maximum atomic E-state index is 12.7. The molecule has 2 N–H and O–H groups in total. The molecular weight excluding hydrogens is 366 g/mol. The third-order valence-corrected chi connectivity index (χ3v) is 5.29. The number of piperidine rings is 1. The van der Waals surface area contributed by atoms with Crippen LogP contribution in [0.5, 0.6) is 5.75 Å². The molecule has 1 saturated heterocycles. The van der Waals surface area contributed by atoms with Gasteiger partial charge in [0.2, 0.25) is 0 Å². The van der Waals surface area contributed by atoms with E-state index in [1.54, 1.807) is 7.11 Å². The first-order valence-corrected chi connectivity index (χ1v) is 10.1. The van der Waals surface area contributed by atoms with Crippen LogP contribution in [0.4, 0.5) is 4.79 Å². The van der Waals surface area contributed by atoms with Gasteiger partial charge in [0.05, 0.1) is 7.11 Å². The van der Waals surface area contributed by atoms with Gasteiger partial charge in [-0.25, -0.2) is 4.79 Å². The van der Waals surface area contributed by atoms with Gasteiger partial charge < -0.3 is 20.3 Å². The van der Waals surface area contributed by atoms with E-state index < -0.39 is 0 Å². The molecule has 6 nitrogen and oxygen atoms in total. The smallest absolute Gasteiger partial charge is 0.317 e. The van der Waals surface area contributed by atoms with Gasteiger partial charge in [-0.15, -0.1) is 0 Å². The van der Waals surface area contributed by atoms with E-state index in [0.29, 0.717) is 25.2 Å². The zero-order valence-electron chi connectivity index (χ0n) is 17.1. The zero-order chi connectivity index (χ0) is 20.6. The molecule has 1 aliphatic rings. The first-order chi connectivity index (χ1) is 14.1. The molecule has 2 aromatic carbocycles. The second kappa shape index (κ2) is 9.96. The predicted octanol–water partition coefficient (Wildman–Crippen LogP) is 3.53. The molecule has 0 radical (unpaired) electrons. The van der Waals surface area contributed by atoms with Crippen LogP contribution in [0.1, 0.15) is 47.2 Å². The van der Waals surface area contributed by atoms with Crippen molar-refractivity contribution < 1.29 is 14.3 Å². The maximum Gasteiger partial charge on any atom is 0.317 e. The van der Waals surface area contributed by atoms with Crippen LogP contribution in [0.15, 0.2) is 48.5 Å². The Morgan fingerprint density at radius 2 is 1.97 bits per heavy atom. The van der Waals surface area contributed by atoms with Gasteiger partial charge in [0.15, 0.2) is 0 Å². The second-order valence-corrected chi connectivity index (χ2v) is 7.24. The van der Waals surface area contributed by atoms with Gasteiger partial charge in [0.1, 0.15) is 5.75 Å². The number of carbonyl (C=O) groups is 2. The van der Waals surface area contributed by atoms with E-state index >= 15 is 0 Å². The summed E-state index contributed by atoms with van der Waals surface area (Å²) in [5.74, 6) is 0.886. The van der Waals surface area contributed by atoms with Crippen LogP contribution in [-0.4, -0.2) is 43.6 Å². The van der Waals surface area contributed by atoms with Gasteiger partial charge in [-0.05, 0) is 43.5 Å². The van der Waals surface area contributed by atoms with Crippen molar-refractivity contribution in [1.29, 1.82) is 0 Å². The highest BCUT2D eigenvalue weighted by Gasteiger charge is 2.25. The SMILES string of the molecule is CCNC(=O)N1CCCC(c2cccc(C(=O)NCc3ccccc3OC)c2)C1. The Morgan fingerprint density at radius 3 is 2.76 bits per heavy atom.